The van der Waals surface area contributed by atoms with Gasteiger partial charge in [-0.05, 0) is 41.1 Å². The third kappa shape index (κ3) is 3.54. The minimum Gasteiger partial charge on any atom is -0.294 e. The van der Waals surface area contributed by atoms with Crippen molar-refractivity contribution in [2.45, 2.75) is 26.3 Å². The maximum absolute atomic E-state index is 12.2. The Kier molecular flexibility index (Phi) is 4.93. The SMILES string of the molecule is CCCn1ncnc1CC(=O)c1ccc(I)c(Cl)c1. The van der Waals surface area contributed by atoms with Crippen LogP contribution < -0.4 is 0 Å². The lowest BCUT2D eigenvalue weighted by Crippen LogP contribution is -2.11. The van der Waals surface area contributed by atoms with E-state index in [1.807, 2.05) is 6.07 Å². The van der Waals surface area contributed by atoms with E-state index in [4.69, 9.17) is 11.6 Å². The molecule has 2 aromatic rings. The van der Waals surface area contributed by atoms with Crippen LogP contribution in [0.1, 0.15) is 29.5 Å². The minimum absolute atomic E-state index is 0.00338. The number of ketones is 1. The zero-order chi connectivity index (χ0) is 13.8. The van der Waals surface area contributed by atoms with Crippen molar-refractivity contribution in [1.29, 1.82) is 0 Å². The Morgan fingerprint density at radius 2 is 2.26 bits per heavy atom. The summed E-state index contributed by atoms with van der Waals surface area (Å²) < 4.78 is 2.71. The Bertz CT molecular complexity index is 597. The molecule has 1 aromatic heterocycles. The molecule has 0 aliphatic heterocycles. The third-order valence-corrected chi connectivity index (χ3v) is 4.26. The molecule has 2 rings (SSSR count). The van der Waals surface area contributed by atoms with E-state index in [0.717, 1.165) is 16.5 Å². The van der Waals surface area contributed by atoms with E-state index in [9.17, 15) is 4.79 Å². The second kappa shape index (κ2) is 6.47. The number of nitrogens with zero attached hydrogens (tertiary/aromatic N) is 3. The van der Waals surface area contributed by atoms with Crippen molar-refractivity contribution < 1.29 is 4.79 Å². The van der Waals surface area contributed by atoms with Crippen LogP contribution in [0.2, 0.25) is 5.02 Å². The Hall–Kier alpha value is -0.950. The topological polar surface area (TPSA) is 47.8 Å². The van der Waals surface area contributed by atoms with Crippen molar-refractivity contribution in [3.8, 4) is 0 Å². The fourth-order valence-electron chi connectivity index (χ4n) is 1.74. The quantitative estimate of drug-likeness (QED) is 0.582. The molecule has 0 aliphatic carbocycles. The van der Waals surface area contributed by atoms with Crippen LogP contribution in [0.4, 0.5) is 0 Å². The monoisotopic (exact) mass is 389 g/mol. The molecule has 1 aromatic carbocycles. The molecule has 4 nitrogen and oxygen atoms in total. The second-order valence-electron chi connectivity index (χ2n) is 4.13. The molecule has 0 radical (unpaired) electrons. The molecule has 6 heteroatoms. The summed E-state index contributed by atoms with van der Waals surface area (Å²) in [4.78, 5) is 16.3. The van der Waals surface area contributed by atoms with E-state index >= 15 is 0 Å². The maximum atomic E-state index is 12.2. The van der Waals surface area contributed by atoms with Crippen molar-refractivity contribution in [3.05, 3.63) is 44.5 Å². The van der Waals surface area contributed by atoms with Crippen molar-refractivity contribution in [1.82, 2.24) is 14.8 Å². The van der Waals surface area contributed by atoms with Crippen LogP contribution in [0.15, 0.2) is 24.5 Å². The zero-order valence-corrected chi connectivity index (χ0v) is 13.3. The highest BCUT2D eigenvalue weighted by Gasteiger charge is 2.13. The van der Waals surface area contributed by atoms with E-state index in [2.05, 4.69) is 39.6 Å². The van der Waals surface area contributed by atoms with Crippen molar-refractivity contribution >= 4 is 40.0 Å². The van der Waals surface area contributed by atoms with Gasteiger partial charge in [0, 0.05) is 15.7 Å². The number of benzene rings is 1. The molecule has 1 heterocycles. The fourth-order valence-corrected chi connectivity index (χ4v) is 2.25. The normalized spacial score (nSPS) is 10.7. The number of carbonyl (C=O) groups is 1. The highest BCUT2D eigenvalue weighted by molar-refractivity contribution is 14.1. The van der Waals surface area contributed by atoms with Crippen LogP contribution in [0, 0.1) is 3.57 Å². The summed E-state index contributed by atoms with van der Waals surface area (Å²) in [7, 11) is 0. The van der Waals surface area contributed by atoms with Gasteiger partial charge in [-0.3, -0.25) is 4.79 Å². The molecule has 0 saturated carbocycles. The summed E-state index contributed by atoms with van der Waals surface area (Å²) >= 11 is 8.16. The number of Topliss-reactive ketones (excluding diaryl/α,β-unsaturated/α-hetero) is 1. The molecule has 0 atom stereocenters. The standard InChI is InChI=1S/C13H13ClIN3O/c1-2-5-18-13(16-8-17-18)7-12(19)9-3-4-11(15)10(14)6-9/h3-4,6,8H,2,5,7H2,1H3. The highest BCUT2D eigenvalue weighted by atomic mass is 127. The van der Waals surface area contributed by atoms with E-state index < -0.39 is 0 Å². The Labute approximate surface area is 130 Å². The largest absolute Gasteiger partial charge is 0.294 e. The molecular formula is C13H13ClIN3O. The molecule has 0 unspecified atom stereocenters. The van der Waals surface area contributed by atoms with Crippen molar-refractivity contribution in [2.75, 3.05) is 0 Å². The van der Waals surface area contributed by atoms with Crippen LogP contribution in [0.3, 0.4) is 0 Å². The molecule has 0 saturated heterocycles. The number of hydrogen-bond donors (Lipinski definition) is 0. The summed E-state index contributed by atoms with van der Waals surface area (Å²) in [6, 6.07) is 5.33. The summed E-state index contributed by atoms with van der Waals surface area (Å²) in [5, 5.41) is 4.71. The first-order valence-corrected chi connectivity index (χ1v) is 7.42. The predicted octanol–water partition coefficient (Wildman–Crippen LogP) is 3.37. The van der Waals surface area contributed by atoms with Crippen LogP contribution in [0.25, 0.3) is 0 Å². The lowest BCUT2D eigenvalue weighted by molar-refractivity contribution is 0.0989. The number of rotatable bonds is 5. The first kappa shape index (κ1) is 14.5. The van der Waals surface area contributed by atoms with Gasteiger partial charge in [0.2, 0.25) is 0 Å². The summed E-state index contributed by atoms with van der Waals surface area (Å²) in [5.41, 5.74) is 0.608. The van der Waals surface area contributed by atoms with Gasteiger partial charge >= 0.3 is 0 Å². The number of halogens is 2. The van der Waals surface area contributed by atoms with Crippen molar-refractivity contribution in [3.63, 3.8) is 0 Å². The number of aryl methyl sites for hydroxylation is 1. The lowest BCUT2D eigenvalue weighted by atomic mass is 10.1. The van der Waals surface area contributed by atoms with Gasteiger partial charge in [0.1, 0.15) is 12.2 Å². The number of carbonyl (C=O) groups excluding carboxylic acids is 1. The van der Waals surface area contributed by atoms with Gasteiger partial charge in [-0.2, -0.15) is 5.10 Å². The average Bonchev–Trinajstić information content (AvgIpc) is 2.80. The van der Waals surface area contributed by atoms with E-state index in [0.29, 0.717) is 16.4 Å². The highest BCUT2D eigenvalue weighted by Crippen LogP contribution is 2.20. The average molecular weight is 390 g/mol. The van der Waals surface area contributed by atoms with Gasteiger partial charge in [0.15, 0.2) is 5.78 Å². The second-order valence-corrected chi connectivity index (χ2v) is 5.70. The summed E-state index contributed by atoms with van der Waals surface area (Å²) in [6.07, 6.45) is 2.69. The third-order valence-electron chi connectivity index (χ3n) is 2.69. The van der Waals surface area contributed by atoms with Gasteiger partial charge < -0.3 is 0 Å². The number of aromatic nitrogens is 3. The molecule has 100 valence electrons. The Morgan fingerprint density at radius 3 is 2.95 bits per heavy atom. The summed E-state index contributed by atoms with van der Waals surface area (Å²) in [6.45, 7) is 2.84. The van der Waals surface area contributed by atoms with Crippen molar-refractivity contribution in [2.24, 2.45) is 0 Å². The fraction of sp³-hybridized carbons (Fsp3) is 0.308. The molecule has 0 fully saturated rings. The molecule has 0 spiro atoms. The Morgan fingerprint density at radius 1 is 1.47 bits per heavy atom. The Balaban J connectivity index is 2.16. The van der Waals surface area contributed by atoms with Crippen LogP contribution >= 0.6 is 34.2 Å². The first-order valence-electron chi connectivity index (χ1n) is 5.96. The van der Waals surface area contributed by atoms with Crippen LogP contribution in [0.5, 0.6) is 0 Å². The molecule has 0 N–H and O–H groups in total. The smallest absolute Gasteiger partial charge is 0.170 e. The van der Waals surface area contributed by atoms with E-state index in [1.54, 1.807) is 16.8 Å². The first-order chi connectivity index (χ1) is 9.11. The van der Waals surface area contributed by atoms with Crippen LogP contribution in [-0.4, -0.2) is 20.5 Å². The van der Waals surface area contributed by atoms with Gasteiger partial charge in [-0.15, -0.1) is 0 Å². The molecule has 0 bridgehead atoms. The molecule has 0 amide bonds. The minimum atomic E-state index is 0.00338. The van der Waals surface area contributed by atoms with Gasteiger partial charge in [-0.25, -0.2) is 9.67 Å². The van der Waals surface area contributed by atoms with Gasteiger partial charge in [0.05, 0.1) is 11.4 Å². The predicted molar refractivity (Wildman–Crippen MR) is 82.5 cm³/mol. The molecule has 19 heavy (non-hydrogen) atoms. The zero-order valence-electron chi connectivity index (χ0n) is 10.4. The molecule has 0 aliphatic rings. The lowest BCUT2D eigenvalue weighted by Gasteiger charge is -2.05. The maximum Gasteiger partial charge on any atom is 0.170 e. The van der Waals surface area contributed by atoms with E-state index in [1.165, 1.54) is 6.33 Å². The summed E-state index contributed by atoms with van der Waals surface area (Å²) in [5.74, 6) is 0.699. The van der Waals surface area contributed by atoms with Gasteiger partial charge in [-0.1, -0.05) is 24.6 Å². The molecular weight excluding hydrogens is 377 g/mol. The van der Waals surface area contributed by atoms with E-state index in [-0.39, 0.29) is 12.2 Å². The van der Waals surface area contributed by atoms with Crippen LogP contribution in [-0.2, 0) is 13.0 Å². The van der Waals surface area contributed by atoms with Gasteiger partial charge in [0.25, 0.3) is 0 Å². The number of hydrogen-bond acceptors (Lipinski definition) is 3.